The van der Waals surface area contributed by atoms with Crippen LogP contribution >= 0.6 is 0 Å². The summed E-state index contributed by atoms with van der Waals surface area (Å²) in [7, 11) is 0. The van der Waals surface area contributed by atoms with Crippen LogP contribution in [0, 0.1) is 0 Å². The first-order valence-electron chi connectivity index (χ1n) is 10.7. The third-order valence-corrected chi connectivity index (χ3v) is 3.84. The monoisotopic (exact) mass is 456 g/mol. The van der Waals surface area contributed by atoms with Crippen molar-refractivity contribution in [3.8, 4) is 5.75 Å². The first kappa shape index (κ1) is 28.0. The molecule has 0 spiro atoms. The summed E-state index contributed by atoms with van der Waals surface area (Å²) in [5, 5.41) is 0. The lowest BCUT2D eigenvalue weighted by molar-refractivity contribution is -0.0193. The predicted octanol–water partition coefficient (Wildman–Crippen LogP) is 2.14. The quantitative estimate of drug-likeness (QED) is 0.132. The maximum atomic E-state index is 10.6. The van der Waals surface area contributed by atoms with Crippen molar-refractivity contribution in [1.29, 1.82) is 0 Å². The zero-order valence-corrected chi connectivity index (χ0v) is 18.7. The zero-order valence-electron chi connectivity index (χ0n) is 18.7. The van der Waals surface area contributed by atoms with E-state index in [2.05, 4.69) is 6.58 Å². The van der Waals surface area contributed by atoms with E-state index in [1.165, 1.54) is 6.26 Å². The number of rotatable bonds is 24. The molecule has 1 aromatic carbocycles. The Morgan fingerprint density at radius 2 is 0.938 bits per heavy atom. The lowest BCUT2D eigenvalue weighted by Gasteiger charge is -2.09. The molecule has 0 heterocycles. The highest BCUT2D eigenvalue weighted by Gasteiger charge is 1.96. The molecule has 182 valence electrons. The van der Waals surface area contributed by atoms with Crippen molar-refractivity contribution >= 4 is 6.29 Å². The van der Waals surface area contributed by atoms with Gasteiger partial charge in [0.05, 0.1) is 85.5 Å². The van der Waals surface area contributed by atoms with Gasteiger partial charge in [0.1, 0.15) is 25.2 Å². The van der Waals surface area contributed by atoms with Gasteiger partial charge in [-0.05, 0) is 24.3 Å². The second kappa shape index (κ2) is 22.2. The molecule has 9 heteroatoms. The summed E-state index contributed by atoms with van der Waals surface area (Å²) >= 11 is 0. The Bertz CT molecular complexity index is 551. The van der Waals surface area contributed by atoms with Crippen molar-refractivity contribution < 1.29 is 42.7 Å². The number of carbonyl (C=O) groups excluding carboxylic acids is 1. The number of aldehydes is 1. The van der Waals surface area contributed by atoms with Crippen molar-refractivity contribution in [2.45, 2.75) is 0 Å². The van der Waals surface area contributed by atoms with Crippen LogP contribution in [-0.2, 0) is 33.2 Å². The van der Waals surface area contributed by atoms with Gasteiger partial charge < -0.3 is 37.9 Å². The summed E-state index contributed by atoms with van der Waals surface area (Å²) in [4.78, 5) is 10.6. The van der Waals surface area contributed by atoms with Crippen LogP contribution in [0.4, 0.5) is 0 Å². The Morgan fingerprint density at radius 3 is 1.31 bits per heavy atom. The predicted molar refractivity (Wildman–Crippen MR) is 118 cm³/mol. The zero-order chi connectivity index (χ0) is 23.0. The van der Waals surface area contributed by atoms with Crippen molar-refractivity contribution in [2.75, 3.05) is 92.5 Å². The molecule has 0 atom stereocenters. The molecule has 1 rings (SSSR count). The molecule has 0 aromatic heterocycles. The smallest absolute Gasteiger partial charge is 0.150 e. The third-order valence-electron chi connectivity index (χ3n) is 3.84. The van der Waals surface area contributed by atoms with Gasteiger partial charge >= 0.3 is 0 Å². The van der Waals surface area contributed by atoms with Crippen molar-refractivity contribution in [1.82, 2.24) is 0 Å². The SMILES string of the molecule is C=COCCOCCOCCOCCOCCOCCOCCOc1ccc(C=O)cc1. The van der Waals surface area contributed by atoms with Gasteiger partial charge in [-0.15, -0.1) is 0 Å². The number of hydrogen-bond donors (Lipinski definition) is 0. The summed E-state index contributed by atoms with van der Waals surface area (Å²) < 4.78 is 42.8. The summed E-state index contributed by atoms with van der Waals surface area (Å²) in [6.07, 6.45) is 2.19. The summed E-state index contributed by atoms with van der Waals surface area (Å²) in [5.74, 6) is 0.708. The minimum absolute atomic E-state index is 0.438. The number of hydrogen-bond acceptors (Lipinski definition) is 9. The van der Waals surface area contributed by atoms with Crippen LogP contribution in [0.2, 0.25) is 0 Å². The first-order valence-corrected chi connectivity index (χ1v) is 10.7. The number of carbonyl (C=O) groups is 1. The van der Waals surface area contributed by atoms with Crippen LogP contribution in [0.25, 0.3) is 0 Å². The number of ether oxygens (including phenoxy) is 8. The van der Waals surface area contributed by atoms with Gasteiger partial charge in [-0.2, -0.15) is 0 Å². The van der Waals surface area contributed by atoms with Crippen LogP contribution in [0.1, 0.15) is 10.4 Å². The second-order valence-corrected chi connectivity index (χ2v) is 6.25. The molecule has 32 heavy (non-hydrogen) atoms. The average Bonchev–Trinajstić information content (AvgIpc) is 2.82. The highest BCUT2D eigenvalue weighted by atomic mass is 16.6. The maximum Gasteiger partial charge on any atom is 0.150 e. The Morgan fingerprint density at radius 1 is 0.562 bits per heavy atom. The van der Waals surface area contributed by atoms with Crippen molar-refractivity contribution in [2.24, 2.45) is 0 Å². The van der Waals surface area contributed by atoms with E-state index in [-0.39, 0.29) is 0 Å². The van der Waals surface area contributed by atoms with Gasteiger partial charge in [0, 0.05) is 5.56 Å². The van der Waals surface area contributed by atoms with E-state index in [1.54, 1.807) is 24.3 Å². The molecular weight excluding hydrogens is 420 g/mol. The fourth-order valence-corrected chi connectivity index (χ4v) is 2.25. The molecule has 0 aliphatic rings. The van der Waals surface area contributed by atoms with Crippen molar-refractivity contribution in [3.63, 3.8) is 0 Å². The van der Waals surface area contributed by atoms with E-state index in [4.69, 9.17) is 37.9 Å². The molecule has 1 aromatic rings. The fourth-order valence-electron chi connectivity index (χ4n) is 2.25. The highest BCUT2D eigenvalue weighted by molar-refractivity contribution is 5.74. The van der Waals surface area contributed by atoms with Crippen molar-refractivity contribution in [3.05, 3.63) is 42.7 Å². The average molecular weight is 457 g/mol. The first-order chi connectivity index (χ1) is 15.9. The van der Waals surface area contributed by atoms with E-state index in [0.717, 1.165) is 6.29 Å². The van der Waals surface area contributed by atoms with Crippen LogP contribution in [0.3, 0.4) is 0 Å². The lowest BCUT2D eigenvalue weighted by Crippen LogP contribution is -2.15. The Balaban J connectivity index is 1.70. The van der Waals surface area contributed by atoms with Crippen LogP contribution in [0.15, 0.2) is 37.1 Å². The molecule has 0 bridgehead atoms. The molecule has 0 fully saturated rings. The van der Waals surface area contributed by atoms with E-state index < -0.39 is 0 Å². The van der Waals surface area contributed by atoms with E-state index in [9.17, 15) is 4.79 Å². The minimum atomic E-state index is 0.438. The lowest BCUT2D eigenvalue weighted by atomic mass is 10.2. The molecule has 0 saturated carbocycles. The molecule has 0 amide bonds. The van der Waals surface area contributed by atoms with E-state index >= 15 is 0 Å². The topological polar surface area (TPSA) is 90.9 Å². The third kappa shape index (κ3) is 17.6. The van der Waals surface area contributed by atoms with Gasteiger partial charge in [-0.1, -0.05) is 6.58 Å². The standard InChI is InChI=1S/C23H36O9/c1-2-25-7-8-26-9-10-27-11-12-28-13-14-29-15-16-30-17-18-31-19-20-32-23-5-3-22(21-24)4-6-23/h2-6,21H,1,7-20H2. The second-order valence-electron chi connectivity index (χ2n) is 6.25. The van der Waals surface area contributed by atoms with Gasteiger partial charge in [-0.3, -0.25) is 4.79 Å². The molecule has 0 unspecified atom stereocenters. The molecular formula is C23H36O9. The molecule has 0 aliphatic carbocycles. The van der Waals surface area contributed by atoms with Gasteiger partial charge in [0.2, 0.25) is 0 Å². The Hall–Kier alpha value is -2.01. The van der Waals surface area contributed by atoms with Crippen LogP contribution in [0.5, 0.6) is 5.75 Å². The normalized spacial score (nSPS) is 10.8. The molecule has 9 nitrogen and oxygen atoms in total. The van der Waals surface area contributed by atoms with E-state index in [0.29, 0.717) is 104 Å². The maximum absolute atomic E-state index is 10.6. The highest BCUT2D eigenvalue weighted by Crippen LogP contribution is 2.10. The fraction of sp³-hybridized carbons (Fsp3) is 0.609. The summed E-state index contributed by atoms with van der Waals surface area (Å²) in [6.45, 7) is 10.5. The largest absolute Gasteiger partial charge is 0.499 e. The number of benzene rings is 1. The van der Waals surface area contributed by atoms with Crippen LogP contribution in [-0.4, -0.2) is 98.8 Å². The molecule has 0 saturated heterocycles. The van der Waals surface area contributed by atoms with Gasteiger partial charge in [0.15, 0.2) is 0 Å². The molecule has 0 aliphatic heterocycles. The van der Waals surface area contributed by atoms with Crippen LogP contribution < -0.4 is 4.74 Å². The summed E-state index contributed by atoms with van der Waals surface area (Å²) in [6, 6.07) is 6.93. The molecule has 0 N–H and O–H groups in total. The Kier molecular flexibility index (Phi) is 19.4. The summed E-state index contributed by atoms with van der Waals surface area (Å²) in [5.41, 5.74) is 0.622. The van der Waals surface area contributed by atoms with Gasteiger partial charge in [0.25, 0.3) is 0 Å². The Labute approximate surface area is 190 Å². The van der Waals surface area contributed by atoms with Gasteiger partial charge in [-0.25, -0.2) is 0 Å². The van der Waals surface area contributed by atoms with E-state index in [1.807, 2.05) is 0 Å². The molecule has 0 radical (unpaired) electrons. The minimum Gasteiger partial charge on any atom is -0.499 e.